The fourth-order valence-corrected chi connectivity index (χ4v) is 6.51. The number of rotatable bonds is 5. The summed E-state index contributed by atoms with van der Waals surface area (Å²) in [5.41, 5.74) is 0.358. The van der Waals surface area contributed by atoms with Gasteiger partial charge in [0.15, 0.2) is 0 Å². The van der Waals surface area contributed by atoms with E-state index in [0.717, 1.165) is 17.1 Å². The monoisotopic (exact) mass is 412 g/mol. The standard InChI is InChI=1S/C17H24N4O4S2/c1-14-8-10-21(11-9-14)27(24,25)17-7-5-4-6-16(17)26(22,23)20(3)15-12-18-19(2)13-15/h4-7,12-14H,8-11H2,1-3H3. The quantitative estimate of drug-likeness (QED) is 0.745. The molecule has 0 spiro atoms. The number of piperidine rings is 1. The van der Waals surface area contributed by atoms with Gasteiger partial charge in [0.1, 0.15) is 9.79 Å². The second-order valence-corrected chi connectivity index (χ2v) is 10.7. The Morgan fingerprint density at radius 1 is 1.07 bits per heavy atom. The second kappa shape index (κ2) is 7.25. The Kier molecular flexibility index (Phi) is 5.33. The number of aromatic nitrogens is 2. The van der Waals surface area contributed by atoms with E-state index in [9.17, 15) is 16.8 Å². The molecule has 27 heavy (non-hydrogen) atoms. The molecular weight excluding hydrogens is 388 g/mol. The average molecular weight is 413 g/mol. The van der Waals surface area contributed by atoms with E-state index >= 15 is 0 Å². The van der Waals surface area contributed by atoms with Gasteiger partial charge in [0.2, 0.25) is 10.0 Å². The molecule has 0 N–H and O–H groups in total. The van der Waals surface area contributed by atoms with Crippen molar-refractivity contribution in [1.29, 1.82) is 0 Å². The van der Waals surface area contributed by atoms with Crippen molar-refractivity contribution in [2.24, 2.45) is 13.0 Å². The van der Waals surface area contributed by atoms with Crippen molar-refractivity contribution in [2.45, 2.75) is 29.6 Å². The van der Waals surface area contributed by atoms with Gasteiger partial charge < -0.3 is 0 Å². The largest absolute Gasteiger partial charge is 0.274 e. The zero-order valence-electron chi connectivity index (χ0n) is 15.6. The Morgan fingerprint density at radius 3 is 2.22 bits per heavy atom. The van der Waals surface area contributed by atoms with Crippen LogP contribution in [0.3, 0.4) is 0 Å². The molecule has 0 atom stereocenters. The van der Waals surface area contributed by atoms with Crippen molar-refractivity contribution in [3.8, 4) is 0 Å². The highest BCUT2D eigenvalue weighted by molar-refractivity contribution is 7.94. The Bertz CT molecular complexity index is 1020. The number of benzene rings is 1. The minimum absolute atomic E-state index is 0.185. The van der Waals surface area contributed by atoms with E-state index in [-0.39, 0.29) is 9.79 Å². The number of nitrogens with zero attached hydrogens (tertiary/aromatic N) is 4. The van der Waals surface area contributed by atoms with Gasteiger partial charge in [0.25, 0.3) is 10.0 Å². The minimum atomic E-state index is -4.07. The van der Waals surface area contributed by atoms with Crippen molar-refractivity contribution in [3.05, 3.63) is 36.7 Å². The second-order valence-electron chi connectivity index (χ2n) is 6.88. The highest BCUT2D eigenvalue weighted by atomic mass is 32.2. The van der Waals surface area contributed by atoms with Crippen LogP contribution in [0.2, 0.25) is 0 Å². The lowest BCUT2D eigenvalue weighted by Gasteiger charge is -2.30. The third-order valence-electron chi connectivity index (χ3n) is 4.90. The fourth-order valence-electron chi connectivity index (χ4n) is 3.10. The van der Waals surface area contributed by atoms with Crippen LogP contribution in [0.1, 0.15) is 19.8 Å². The van der Waals surface area contributed by atoms with Crippen LogP contribution in [0, 0.1) is 5.92 Å². The lowest BCUT2D eigenvalue weighted by atomic mass is 10.0. The third kappa shape index (κ3) is 3.74. The van der Waals surface area contributed by atoms with E-state index in [4.69, 9.17) is 0 Å². The molecule has 8 nitrogen and oxygen atoms in total. The summed E-state index contributed by atoms with van der Waals surface area (Å²) < 4.78 is 56.5. The Hall–Kier alpha value is -1.91. The van der Waals surface area contributed by atoms with E-state index < -0.39 is 20.0 Å². The van der Waals surface area contributed by atoms with E-state index in [1.807, 2.05) is 0 Å². The van der Waals surface area contributed by atoms with Crippen LogP contribution in [0.5, 0.6) is 0 Å². The Balaban J connectivity index is 2.03. The van der Waals surface area contributed by atoms with E-state index in [0.29, 0.717) is 24.7 Å². The predicted octanol–water partition coefficient (Wildman–Crippen LogP) is 1.67. The van der Waals surface area contributed by atoms with Crippen LogP contribution in [-0.4, -0.2) is 51.1 Å². The summed E-state index contributed by atoms with van der Waals surface area (Å²) in [5.74, 6) is 0.465. The summed E-state index contributed by atoms with van der Waals surface area (Å²) in [6, 6.07) is 5.77. The first-order valence-electron chi connectivity index (χ1n) is 8.71. The lowest BCUT2D eigenvalue weighted by Crippen LogP contribution is -2.39. The molecule has 1 aliphatic rings. The zero-order valence-corrected chi connectivity index (χ0v) is 17.2. The SMILES string of the molecule is CC1CCN(S(=O)(=O)c2ccccc2S(=O)(=O)N(C)c2cnn(C)c2)CC1. The molecule has 0 radical (unpaired) electrons. The van der Waals surface area contributed by atoms with Crippen molar-refractivity contribution >= 4 is 25.7 Å². The summed E-state index contributed by atoms with van der Waals surface area (Å²) in [4.78, 5) is -0.412. The van der Waals surface area contributed by atoms with Crippen LogP contribution in [0.4, 0.5) is 5.69 Å². The van der Waals surface area contributed by atoms with Gasteiger partial charge in [-0.1, -0.05) is 19.1 Å². The van der Waals surface area contributed by atoms with Crippen LogP contribution in [-0.2, 0) is 27.1 Å². The summed E-state index contributed by atoms with van der Waals surface area (Å²) >= 11 is 0. The van der Waals surface area contributed by atoms with Gasteiger partial charge in [-0.05, 0) is 30.9 Å². The number of aryl methyl sites for hydroxylation is 1. The van der Waals surface area contributed by atoms with Gasteiger partial charge in [-0.3, -0.25) is 8.99 Å². The lowest BCUT2D eigenvalue weighted by molar-refractivity contribution is 0.287. The molecule has 0 unspecified atom stereocenters. The van der Waals surface area contributed by atoms with Gasteiger partial charge in [-0.25, -0.2) is 16.8 Å². The summed E-state index contributed by atoms with van der Waals surface area (Å²) in [7, 11) is -4.90. The molecular formula is C17H24N4O4S2. The average Bonchev–Trinajstić information content (AvgIpc) is 3.07. The van der Waals surface area contributed by atoms with E-state index in [2.05, 4.69) is 12.0 Å². The number of sulfonamides is 2. The molecule has 2 heterocycles. The summed E-state index contributed by atoms with van der Waals surface area (Å²) in [6.45, 7) is 2.89. The molecule has 1 saturated heterocycles. The topological polar surface area (TPSA) is 92.6 Å². The molecule has 0 bridgehead atoms. The molecule has 0 saturated carbocycles. The molecule has 1 fully saturated rings. The highest BCUT2D eigenvalue weighted by Crippen LogP contribution is 2.30. The van der Waals surface area contributed by atoms with E-state index in [1.165, 1.54) is 40.4 Å². The Labute approximate surface area is 160 Å². The third-order valence-corrected chi connectivity index (χ3v) is 8.83. The Morgan fingerprint density at radius 2 is 1.67 bits per heavy atom. The van der Waals surface area contributed by atoms with Crippen LogP contribution < -0.4 is 4.31 Å². The van der Waals surface area contributed by atoms with Gasteiger partial charge in [0, 0.05) is 33.4 Å². The van der Waals surface area contributed by atoms with Gasteiger partial charge >= 0.3 is 0 Å². The normalized spacial score (nSPS) is 17.1. The van der Waals surface area contributed by atoms with Crippen molar-refractivity contribution in [1.82, 2.24) is 14.1 Å². The van der Waals surface area contributed by atoms with Crippen molar-refractivity contribution in [3.63, 3.8) is 0 Å². The maximum atomic E-state index is 13.2. The van der Waals surface area contributed by atoms with Crippen LogP contribution in [0.25, 0.3) is 0 Å². The zero-order chi connectivity index (χ0) is 19.8. The highest BCUT2D eigenvalue weighted by Gasteiger charge is 2.34. The number of anilines is 1. The smallest absolute Gasteiger partial charge is 0.265 e. The van der Waals surface area contributed by atoms with Gasteiger partial charge in [0.05, 0.1) is 11.9 Å². The molecule has 1 aromatic carbocycles. The van der Waals surface area contributed by atoms with E-state index in [1.54, 1.807) is 19.3 Å². The maximum absolute atomic E-state index is 13.2. The molecule has 0 amide bonds. The predicted molar refractivity (Wildman–Crippen MR) is 102 cm³/mol. The molecule has 2 aromatic rings. The first-order valence-corrected chi connectivity index (χ1v) is 11.6. The molecule has 1 aliphatic heterocycles. The molecule has 148 valence electrons. The number of hydrogen-bond acceptors (Lipinski definition) is 5. The fraction of sp³-hybridized carbons (Fsp3) is 0.471. The first kappa shape index (κ1) is 19.8. The molecule has 10 heteroatoms. The summed E-state index contributed by atoms with van der Waals surface area (Å²) in [5, 5.41) is 3.98. The summed E-state index contributed by atoms with van der Waals surface area (Å²) in [6.07, 6.45) is 4.51. The van der Waals surface area contributed by atoms with Crippen molar-refractivity contribution in [2.75, 3.05) is 24.4 Å². The van der Waals surface area contributed by atoms with Gasteiger partial charge in [-0.2, -0.15) is 9.40 Å². The van der Waals surface area contributed by atoms with Crippen LogP contribution in [0.15, 0.2) is 46.5 Å². The van der Waals surface area contributed by atoms with Crippen LogP contribution >= 0.6 is 0 Å². The minimum Gasteiger partial charge on any atom is -0.274 e. The molecule has 3 rings (SSSR count). The van der Waals surface area contributed by atoms with Crippen molar-refractivity contribution < 1.29 is 16.8 Å². The molecule has 0 aliphatic carbocycles. The number of hydrogen-bond donors (Lipinski definition) is 0. The first-order chi connectivity index (χ1) is 12.6. The molecule has 1 aromatic heterocycles. The van der Waals surface area contributed by atoms with Gasteiger partial charge in [-0.15, -0.1) is 0 Å². The maximum Gasteiger partial charge on any atom is 0.265 e.